The van der Waals surface area contributed by atoms with Gasteiger partial charge in [0, 0.05) is 0 Å². The quantitative estimate of drug-likeness (QED) is 0.291. The van der Waals surface area contributed by atoms with Gasteiger partial charge >= 0.3 is 0 Å². The molecule has 0 aliphatic rings. The predicted molar refractivity (Wildman–Crippen MR) is 150 cm³/mol. The molecule has 0 heteroatoms. The van der Waals surface area contributed by atoms with E-state index in [1.165, 1.54) is 33.4 Å². The van der Waals surface area contributed by atoms with E-state index in [9.17, 15) is 0 Å². The average molecular weight is 435 g/mol. The molecule has 0 unspecified atom stereocenters. The van der Waals surface area contributed by atoms with Crippen LogP contribution in [-0.4, -0.2) is 0 Å². The first-order valence-electron chi connectivity index (χ1n) is 12.0. The molecule has 0 atom stereocenters. The Kier molecular flexibility index (Phi) is 12.1. The van der Waals surface area contributed by atoms with Crippen LogP contribution in [0.1, 0.15) is 57.6 Å². The van der Waals surface area contributed by atoms with Crippen LogP contribution in [-0.2, 0) is 0 Å². The summed E-state index contributed by atoms with van der Waals surface area (Å²) in [4.78, 5) is 0. The number of hydrogen-bond donors (Lipinski definition) is 0. The highest BCUT2D eigenvalue weighted by Crippen LogP contribution is 2.29. The SMILES string of the molecule is C=C/C=C\C=C/C/C(=C/C)c1cccc(-c2cccc(/C(=C\CC)C/C=C\C=C/CC)c2)c1. The minimum atomic E-state index is 0.906. The summed E-state index contributed by atoms with van der Waals surface area (Å²) in [5.74, 6) is 0. The van der Waals surface area contributed by atoms with Gasteiger partial charge in [0.2, 0.25) is 0 Å². The second-order valence-electron chi connectivity index (χ2n) is 7.83. The van der Waals surface area contributed by atoms with Crippen molar-refractivity contribution < 1.29 is 0 Å². The standard InChI is InChI=1S/C33H38/c1-5-9-11-13-15-20-28(8-4)30-22-17-24-32(26-30)33-25-18-23-31(27-33)29(19-7-3)21-16-14-12-10-6-2/h5,8-19,22-27H,1,6-7,20-21H2,2-4H3/b11-9-,12-10-,15-13-,16-14-,28-8-,29-19-. The van der Waals surface area contributed by atoms with Crippen molar-refractivity contribution in [2.24, 2.45) is 0 Å². The molecule has 0 fully saturated rings. The van der Waals surface area contributed by atoms with Gasteiger partial charge in [0.05, 0.1) is 0 Å². The Morgan fingerprint density at radius 3 is 1.85 bits per heavy atom. The molecule has 2 rings (SSSR count). The van der Waals surface area contributed by atoms with Crippen molar-refractivity contribution >= 4 is 11.1 Å². The van der Waals surface area contributed by atoms with Crippen LogP contribution in [0.5, 0.6) is 0 Å². The van der Waals surface area contributed by atoms with Crippen LogP contribution >= 0.6 is 0 Å². The lowest BCUT2D eigenvalue weighted by molar-refractivity contribution is 1.20. The van der Waals surface area contributed by atoms with Gasteiger partial charge in [0.15, 0.2) is 0 Å². The molecule has 0 radical (unpaired) electrons. The summed E-state index contributed by atoms with van der Waals surface area (Å²) in [7, 11) is 0. The fourth-order valence-electron chi connectivity index (χ4n) is 3.67. The smallest absolute Gasteiger partial charge is 0.00916 e. The maximum atomic E-state index is 3.71. The molecule has 0 amide bonds. The van der Waals surface area contributed by atoms with Gasteiger partial charge in [-0.2, -0.15) is 0 Å². The molecule has 0 aliphatic carbocycles. The van der Waals surface area contributed by atoms with Crippen molar-refractivity contribution in [2.45, 2.75) is 46.5 Å². The third kappa shape index (κ3) is 8.94. The molecule has 33 heavy (non-hydrogen) atoms. The zero-order valence-corrected chi connectivity index (χ0v) is 20.5. The van der Waals surface area contributed by atoms with Crippen molar-refractivity contribution in [1.82, 2.24) is 0 Å². The van der Waals surface area contributed by atoms with Crippen LogP contribution in [0.3, 0.4) is 0 Å². The lowest BCUT2D eigenvalue weighted by Gasteiger charge is -2.11. The summed E-state index contributed by atoms with van der Waals surface area (Å²) in [6.07, 6.45) is 27.2. The highest BCUT2D eigenvalue weighted by atomic mass is 14.1. The highest BCUT2D eigenvalue weighted by Gasteiger charge is 2.06. The lowest BCUT2D eigenvalue weighted by Crippen LogP contribution is -1.88. The summed E-state index contributed by atoms with van der Waals surface area (Å²) in [6, 6.07) is 17.8. The van der Waals surface area contributed by atoms with E-state index in [-0.39, 0.29) is 0 Å². The second-order valence-corrected chi connectivity index (χ2v) is 7.83. The summed E-state index contributed by atoms with van der Waals surface area (Å²) < 4.78 is 0. The summed E-state index contributed by atoms with van der Waals surface area (Å²) in [6.45, 7) is 10.2. The maximum absolute atomic E-state index is 3.71. The van der Waals surface area contributed by atoms with E-state index >= 15 is 0 Å². The highest BCUT2D eigenvalue weighted by molar-refractivity contribution is 5.76. The predicted octanol–water partition coefficient (Wildman–Crippen LogP) is 10.2. The third-order valence-corrected chi connectivity index (χ3v) is 5.39. The van der Waals surface area contributed by atoms with E-state index in [2.05, 4.69) is 124 Å². The van der Waals surface area contributed by atoms with Crippen molar-refractivity contribution in [3.05, 3.63) is 133 Å². The lowest BCUT2D eigenvalue weighted by atomic mass is 9.94. The van der Waals surface area contributed by atoms with E-state index in [0.29, 0.717) is 0 Å². The Morgan fingerprint density at radius 2 is 1.27 bits per heavy atom. The largest absolute Gasteiger partial charge is 0.0991 e. The molecule has 0 nitrogen and oxygen atoms in total. The Hall–Kier alpha value is -3.38. The van der Waals surface area contributed by atoms with Crippen LogP contribution in [0.4, 0.5) is 0 Å². The van der Waals surface area contributed by atoms with E-state index < -0.39 is 0 Å². The van der Waals surface area contributed by atoms with E-state index in [4.69, 9.17) is 0 Å². The molecule has 2 aromatic carbocycles. The summed E-state index contributed by atoms with van der Waals surface area (Å²) in [5, 5.41) is 0. The minimum Gasteiger partial charge on any atom is -0.0991 e. The Labute approximate surface area is 201 Å². The molecular formula is C33H38. The summed E-state index contributed by atoms with van der Waals surface area (Å²) in [5.41, 5.74) is 7.78. The fraction of sp³-hybridized carbons (Fsp3) is 0.212. The van der Waals surface area contributed by atoms with Crippen LogP contribution < -0.4 is 0 Å². The molecule has 0 aliphatic heterocycles. The number of benzene rings is 2. The Morgan fingerprint density at radius 1 is 0.697 bits per heavy atom. The van der Waals surface area contributed by atoms with Gasteiger partial charge in [0.25, 0.3) is 0 Å². The zero-order chi connectivity index (χ0) is 23.7. The molecular weight excluding hydrogens is 396 g/mol. The van der Waals surface area contributed by atoms with Gasteiger partial charge in [-0.1, -0.05) is 124 Å². The van der Waals surface area contributed by atoms with Crippen LogP contribution in [0, 0.1) is 0 Å². The Bertz CT molecular complexity index is 1050. The number of hydrogen-bond acceptors (Lipinski definition) is 0. The molecule has 0 bridgehead atoms. The van der Waals surface area contributed by atoms with Crippen LogP contribution in [0.25, 0.3) is 22.3 Å². The van der Waals surface area contributed by atoms with Gasteiger partial charge in [-0.25, -0.2) is 0 Å². The van der Waals surface area contributed by atoms with Gasteiger partial charge in [0.1, 0.15) is 0 Å². The van der Waals surface area contributed by atoms with E-state index in [1.807, 2.05) is 12.2 Å². The molecule has 0 aromatic heterocycles. The molecule has 170 valence electrons. The zero-order valence-electron chi connectivity index (χ0n) is 20.5. The molecule has 0 saturated carbocycles. The van der Waals surface area contributed by atoms with Crippen molar-refractivity contribution in [3.8, 4) is 11.1 Å². The minimum absolute atomic E-state index is 0.906. The molecule has 2 aromatic rings. The number of rotatable bonds is 12. The maximum Gasteiger partial charge on any atom is -0.00916 e. The molecule has 0 heterocycles. The van der Waals surface area contributed by atoms with Gasteiger partial charge in [-0.05, 0) is 78.1 Å². The van der Waals surface area contributed by atoms with Crippen LogP contribution in [0.15, 0.2) is 122 Å². The monoisotopic (exact) mass is 434 g/mol. The van der Waals surface area contributed by atoms with Crippen LogP contribution in [0.2, 0.25) is 0 Å². The first-order valence-corrected chi connectivity index (χ1v) is 12.0. The first kappa shape index (κ1) is 25.9. The second kappa shape index (κ2) is 15.4. The van der Waals surface area contributed by atoms with Gasteiger partial charge < -0.3 is 0 Å². The first-order chi connectivity index (χ1) is 16.2. The Balaban J connectivity index is 2.26. The van der Waals surface area contributed by atoms with Gasteiger partial charge in [-0.15, -0.1) is 0 Å². The third-order valence-electron chi connectivity index (χ3n) is 5.39. The summed E-state index contributed by atoms with van der Waals surface area (Å²) >= 11 is 0. The topological polar surface area (TPSA) is 0 Å². The average Bonchev–Trinajstić information content (AvgIpc) is 2.85. The molecule has 0 saturated heterocycles. The van der Waals surface area contributed by atoms with Crippen molar-refractivity contribution in [2.75, 3.05) is 0 Å². The molecule has 0 N–H and O–H groups in total. The normalized spacial score (nSPS) is 13.2. The van der Waals surface area contributed by atoms with Gasteiger partial charge in [-0.3, -0.25) is 0 Å². The van der Waals surface area contributed by atoms with E-state index in [1.54, 1.807) is 6.08 Å². The molecule has 0 spiro atoms. The fourth-order valence-corrected chi connectivity index (χ4v) is 3.67. The van der Waals surface area contributed by atoms with Crippen molar-refractivity contribution in [3.63, 3.8) is 0 Å². The number of allylic oxidation sites excluding steroid dienone is 13. The van der Waals surface area contributed by atoms with Crippen molar-refractivity contribution in [1.29, 1.82) is 0 Å². The van der Waals surface area contributed by atoms with E-state index in [0.717, 1.165) is 25.7 Å².